The summed E-state index contributed by atoms with van der Waals surface area (Å²) in [5, 5.41) is 12.7. The molecular weight excluding hydrogens is 308 g/mol. The van der Waals surface area contributed by atoms with Gasteiger partial charge in [-0.05, 0) is 32.1 Å². The molecule has 1 heterocycles. The quantitative estimate of drug-likeness (QED) is 0.839. The third-order valence-corrected chi connectivity index (χ3v) is 4.62. The monoisotopic (exact) mass is 332 g/mol. The molecule has 1 aromatic heterocycles. The summed E-state index contributed by atoms with van der Waals surface area (Å²) in [6.45, 7) is 5.02. The number of carbonyl (C=O) groups excluding carboxylic acids is 1. The maximum Gasteiger partial charge on any atom is 0.257 e. The Morgan fingerprint density at radius 3 is 2.74 bits per heavy atom. The van der Waals surface area contributed by atoms with Crippen molar-refractivity contribution in [1.29, 1.82) is 0 Å². The highest BCUT2D eigenvalue weighted by atomic mass is 32.1. The maximum absolute atomic E-state index is 12.5. The molecule has 1 amide bonds. The number of benzene rings is 1. The summed E-state index contributed by atoms with van der Waals surface area (Å²) in [6, 6.07) is 7.65. The van der Waals surface area contributed by atoms with Crippen LogP contribution in [-0.4, -0.2) is 35.1 Å². The van der Waals surface area contributed by atoms with Gasteiger partial charge in [-0.2, -0.15) is 0 Å². The third-order valence-electron chi connectivity index (χ3n) is 3.55. The summed E-state index contributed by atoms with van der Waals surface area (Å²) >= 11 is 1.46. The van der Waals surface area contributed by atoms with E-state index in [1.54, 1.807) is 0 Å². The Hall–Kier alpha value is -1.79. The van der Waals surface area contributed by atoms with Gasteiger partial charge in [0.1, 0.15) is 5.01 Å². The lowest BCUT2D eigenvalue weighted by atomic mass is 10.1. The molecule has 124 valence electrons. The number of anilines is 1. The highest BCUT2D eigenvalue weighted by molar-refractivity contribution is 7.15. The molecule has 0 spiro atoms. The summed E-state index contributed by atoms with van der Waals surface area (Å²) in [5.74, 6) is 0.248. The molecule has 0 saturated carbocycles. The first-order chi connectivity index (χ1) is 11.0. The van der Waals surface area contributed by atoms with E-state index in [0.29, 0.717) is 16.6 Å². The van der Waals surface area contributed by atoms with E-state index in [2.05, 4.69) is 29.4 Å². The Bertz CT molecular complexity index is 654. The number of nitrogens with one attached hydrogen (secondary N) is 1. The van der Waals surface area contributed by atoms with Crippen molar-refractivity contribution >= 4 is 22.4 Å². The van der Waals surface area contributed by atoms with Crippen molar-refractivity contribution < 1.29 is 4.79 Å². The van der Waals surface area contributed by atoms with Crippen LogP contribution in [0.5, 0.6) is 0 Å². The average molecular weight is 332 g/mol. The second kappa shape index (κ2) is 8.17. The summed E-state index contributed by atoms with van der Waals surface area (Å²) in [6.07, 6.45) is 2.19. The summed E-state index contributed by atoms with van der Waals surface area (Å²) < 4.78 is 0. The van der Waals surface area contributed by atoms with Gasteiger partial charge in [-0.1, -0.05) is 49.8 Å². The minimum Gasteiger partial charge on any atom is -0.305 e. The Morgan fingerprint density at radius 1 is 1.30 bits per heavy atom. The van der Waals surface area contributed by atoms with Crippen LogP contribution in [0.15, 0.2) is 24.3 Å². The summed E-state index contributed by atoms with van der Waals surface area (Å²) in [5.41, 5.74) is 1.68. The Labute approximate surface area is 141 Å². The molecule has 0 radical (unpaired) electrons. The largest absolute Gasteiger partial charge is 0.305 e. The molecule has 6 heteroatoms. The van der Waals surface area contributed by atoms with Crippen LogP contribution in [0.1, 0.15) is 53.5 Å². The SMILES string of the molecule is CCC[C@H](C)c1nnc(NC(=O)c2ccccc2CN(C)C)s1. The van der Waals surface area contributed by atoms with Crippen molar-refractivity contribution in [2.45, 2.75) is 39.2 Å². The zero-order chi connectivity index (χ0) is 16.8. The second-order valence-electron chi connectivity index (χ2n) is 5.98. The van der Waals surface area contributed by atoms with E-state index in [-0.39, 0.29) is 5.91 Å². The maximum atomic E-state index is 12.5. The van der Waals surface area contributed by atoms with Gasteiger partial charge in [-0.25, -0.2) is 0 Å². The van der Waals surface area contributed by atoms with Crippen molar-refractivity contribution in [2.75, 3.05) is 19.4 Å². The normalized spacial score (nSPS) is 12.4. The smallest absolute Gasteiger partial charge is 0.257 e. The zero-order valence-electron chi connectivity index (χ0n) is 14.2. The van der Waals surface area contributed by atoms with E-state index in [0.717, 1.165) is 30.0 Å². The lowest BCUT2D eigenvalue weighted by molar-refractivity contribution is 0.102. The van der Waals surface area contributed by atoms with E-state index in [1.165, 1.54) is 11.3 Å². The fourth-order valence-corrected chi connectivity index (χ4v) is 3.25. The fourth-order valence-electron chi connectivity index (χ4n) is 2.43. The number of rotatable bonds is 7. The van der Waals surface area contributed by atoms with Gasteiger partial charge in [-0.3, -0.25) is 10.1 Å². The van der Waals surface area contributed by atoms with Crippen LogP contribution >= 0.6 is 11.3 Å². The molecule has 2 aromatic rings. The number of hydrogen-bond donors (Lipinski definition) is 1. The van der Waals surface area contributed by atoms with Gasteiger partial charge in [0.25, 0.3) is 5.91 Å². The highest BCUT2D eigenvalue weighted by Gasteiger charge is 2.16. The second-order valence-corrected chi connectivity index (χ2v) is 6.99. The molecule has 2 rings (SSSR count). The van der Waals surface area contributed by atoms with Crippen molar-refractivity contribution in [1.82, 2.24) is 15.1 Å². The van der Waals surface area contributed by atoms with Gasteiger partial charge in [0.2, 0.25) is 5.13 Å². The number of amides is 1. The van der Waals surface area contributed by atoms with Gasteiger partial charge in [0.15, 0.2) is 0 Å². The van der Waals surface area contributed by atoms with Crippen molar-refractivity contribution in [3.05, 3.63) is 40.4 Å². The molecule has 1 atom stereocenters. The van der Waals surface area contributed by atoms with Crippen LogP contribution in [0.2, 0.25) is 0 Å². The Balaban J connectivity index is 2.11. The fraction of sp³-hybridized carbons (Fsp3) is 0.471. The molecule has 0 unspecified atom stereocenters. The lowest BCUT2D eigenvalue weighted by Gasteiger charge is -2.13. The Kier molecular flexibility index (Phi) is 6.24. The topological polar surface area (TPSA) is 58.1 Å². The summed E-state index contributed by atoms with van der Waals surface area (Å²) in [4.78, 5) is 14.6. The number of hydrogen-bond acceptors (Lipinski definition) is 5. The molecule has 5 nitrogen and oxygen atoms in total. The van der Waals surface area contributed by atoms with Gasteiger partial charge in [0.05, 0.1) is 0 Å². The first-order valence-corrected chi connectivity index (χ1v) is 8.70. The highest BCUT2D eigenvalue weighted by Crippen LogP contribution is 2.26. The van der Waals surface area contributed by atoms with Crippen molar-refractivity contribution in [2.24, 2.45) is 0 Å². The van der Waals surface area contributed by atoms with Crippen molar-refractivity contribution in [3.63, 3.8) is 0 Å². The average Bonchev–Trinajstić information content (AvgIpc) is 2.96. The molecule has 0 saturated heterocycles. The number of carbonyl (C=O) groups is 1. The molecule has 0 bridgehead atoms. The van der Waals surface area contributed by atoms with E-state index < -0.39 is 0 Å². The van der Waals surface area contributed by atoms with Crippen molar-refractivity contribution in [3.8, 4) is 0 Å². The van der Waals surface area contributed by atoms with Gasteiger partial charge < -0.3 is 4.90 Å². The zero-order valence-corrected chi connectivity index (χ0v) is 15.0. The van der Waals surface area contributed by atoms with Crippen LogP contribution in [0.25, 0.3) is 0 Å². The summed E-state index contributed by atoms with van der Waals surface area (Å²) in [7, 11) is 3.97. The molecule has 1 aromatic carbocycles. The first kappa shape index (κ1) is 17.6. The minimum absolute atomic E-state index is 0.131. The lowest BCUT2D eigenvalue weighted by Crippen LogP contribution is -2.18. The minimum atomic E-state index is -0.131. The standard InChI is InChI=1S/C17H24N4OS/c1-5-8-12(2)16-19-20-17(23-16)18-15(22)14-10-7-6-9-13(14)11-21(3)4/h6-7,9-10,12H,5,8,11H2,1-4H3,(H,18,20,22)/t12-/m0/s1. The van der Waals surface area contributed by atoms with Gasteiger partial charge in [0, 0.05) is 18.0 Å². The molecular formula is C17H24N4OS. The predicted molar refractivity (Wildman–Crippen MR) is 95.0 cm³/mol. The van der Waals surface area contributed by atoms with E-state index in [4.69, 9.17) is 0 Å². The number of nitrogens with zero attached hydrogens (tertiary/aromatic N) is 3. The third kappa shape index (κ3) is 4.84. The molecule has 23 heavy (non-hydrogen) atoms. The number of aromatic nitrogens is 2. The predicted octanol–water partition coefficient (Wildman–Crippen LogP) is 3.76. The molecule has 0 aliphatic carbocycles. The Morgan fingerprint density at radius 2 is 2.04 bits per heavy atom. The van der Waals surface area contributed by atoms with Crippen LogP contribution in [-0.2, 0) is 6.54 Å². The van der Waals surface area contributed by atoms with Crippen LogP contribution in [0.4, 0.5) is 5.13 Å². The van der Waals surface area contributed by atoms with Crippen LogP contribution in [0.3, 0.4) is 0 Å². The van der Waals surface area contributed by atoms with Crippen LogP contribution < -0.4 is 5.32 Å². The van der Waals surface area contributed by atoms with Gasteiger partial charge >= 0.3 is 0 Å². The molecule has 0 aliphatic heterocycles. The first-order valence-electron chi connectivity index (χ1n) is 7.88. The molecule has 0 fully saturated rings. The van der Waals surface area contributed by atoms with E-state index in [1.807, 2.05) is 43.3 Å². The van der Waals surface area contributed by atoms with E-state index in [9.17, 15) is 4.79 Å². The molecule has 0 aliphatic rings. The van der Waals surface area contributed by atoms with Crippen LogP contribution in [0, 0.1) is 0 Å². The van der Waals surface area contributed by atoms with Gasteiger partial charge in [-0.15, -0.1) is 10.2 Å². The van der Waals surface area contributed by atoms with E-state index >= 15 is 0 Å². The molecule has 1 N–H and O–H groups in total.